The fourth-order valence-electron chi connectivity index (χ4n) is 2.19. The van der Waals surface area contributed by atoms with E-state index in [9.17, 15) is 4.79 Å². The highest BCUT2D eigenvalue weighted by Gasteiger charge is 2.26. The maximum atomic E-state index is 11.2. The van der Waals surface area contributed by atoms with Gasteiger partial charge in [-0.2, -0.15) is 0 Å². The van der Waals surface area contributed by atoms with Crippen molar-refractivity contribution < 1.29 is 9.90 Å². The van der Waals surface area contributed by atoms with Crippen LogP contribution in [0.5, 0.6) is 0 Å². The fraction of sp³-hybridized carbons (Fsp3) is 0.357. The van der Waals surface area contributed by atoms with Gasteiger partial charge in [-0.1, -0.05) is 37.6 Å². The van der Waals surface area contributed by atoms with Gasteiger partial charge in [0.15, 0.2) is 0 Å². The second kappa shape index (κ2) is 5.46. The van der Waals surface area contributed by atoms with Crippen LogP contribution in [0, 0.1) is 0 Å². The molecule has 3 N–H and O–H groups in total. The van der Waals surface area contributed by atoms with E-state index in [0.29, 0.717) is 11.4 Å². The summed E-state index contributed by atoms with van der Waals surface area (Å²) in [5.41, 5.74) is 7.63. The molecular formula is C14H17ClN4O2. The molecule has 2 aromatic rings. The van der Waals surface area contributed by atoms with E-state index in [1.54, 1.807) is 10.7 Å². The van der Waals surface area contributed by atoms with Crippen LogP contribution in [0.25, 0.3) is 5.69 Å². The average Bonchev–Trinajstić information content (AvgIpc) is 2.82. The summed E-state index contributed by atoms with van der Waals surface area (Å²) in [6.45, 7) is 6.34. The Hall–Kier alpha value is -1.92. The second-order valence-electron chi connectivity index (χ2n) is 5.72. The van der Waals surface area contributed by atoms with Crippen molar-refractivity contribution in [1.29, 1.82) is 0 Å². The van der Waals surface area contributed by atoms with Gasteiger partial charge < -0.3 is 10.8 Å². The number of benzene rings is 1. The average molecular weight is 309 g/mol. The lowest BCUT2D eigenvalue weighted by Gasteiger charge is -2.21. The predicted octanol–water partition coefficient (Wildman–Crippen LogP) is 2.38. The smallest absolute Gasteiger partial charge is 0.337 e. The molecule has 1 heterocycles. The molecule has 21 heavy (non-hydrogen) atoms. The molecule has 0 spiro atoms. The highest BCUT2D eigenvalue weighted by atomic mass is 35.5. The standard InChI is InChI=1S/C14H17ClN4O2/c1-14(2,3)12-11(7-16)17-18-19(12)8-4-5-10(15)9(6-8)13(20)21/h4-6H,7,16H2,1-3H3,(H,20,21). The molecule has 2 rings (SSSR count). The Morgan fingerprint density at radius 1 is 1.43 bits per heavy atom. The number of hydrogen-bond acceptors (Lipinski definition) is 4. The third-order valence-corrected chi connectivity index (χ3v) is 3.40. The van der Waals surface area contributed by atoms with Crippen molar-refractivity contribution in [2.75, 3.05) is 0 Å². The van der Waals surface area contributed by atoms with Crippen LogP contribution in [0.15, 0.2) is 18.2 Å². The molecule has 0 bridgehead atoms. The van der Waals surface area contributed by atoms with Crippen molar-refractivity contribution in [2.24, 2.45) is 5.73 Å². The molecule has 0 aliphatic heterocycles. The van der Waals surface area contributed by atoms with Crippen LogP contribution >= 0.6 is 11.6 Å². The van der Waals surface area contributed by atoms with Crippen LogP contribution < -0.4 is 5.73 Å². The molecule has 0 fully saturated rings. The van der Waals surface area contributed by atoms with Crippen LogP contribution in [0.4, 0.5) is 0 Å². The summed E-state index contributed by atoms with van der Waals surface area (Å²) >= 11 is 5.89. The molecule has 112 valence electrons. The second-order valence-corrected chi connectivity index (χ2v) is 6.13. The van der Waals surface area contributed by atoms with Crippen LogP contribution in [0.2, 0.25) is 5.02 Å². The van der Waals surface area contributed by atoms with Crippen LogP contribution in [-0.4, -0.2) is 26.1 Å². The number of carboxylic acids is 1. The maximum absolute atomic E-state index is 11.2. The highest BCUT2D eigenvalue weighted by Crippen LogP contribution is 2.28. The molecule has 1 aromatic carbocycles. The Kier molecular flexibility index (Phi) is 4.02. The van der Waals surface area contributed by atoms with Gasteiger partial charge in [-0.3, -0.25) is 0 Å². The minimum Gasteiger partial charge on any atom is -0.478 e. The monoisotopic (exact) mass is 308 g/mol. The largest absolute Gasteiger partial charge is 0.478 e. The summed E-state index contributed by atoms with van der Waals surface area (Å²) in [4.78, 5) is 11.2. The molecule has 0 radical (unpaired) electrons. The van der Waals surface area contributed by atoms with Crippen LogP contribution in [0.3, 0.4) is 0 Å². The zero-order chi connectivity index (χ0) is 15.8. The molecule has 0 amide bonds. The molecule has 1 aromatic heterocycles. The van der Waals surface area contributed by atoms with E-state index in [-0.39, 0.29) is 22.5 Å². The van der Waals surface area contributed by atoms with E-state index in [1.807, 2.05) is 20.8 Å². The molecule has 0 unspecified atom stereocenters. The summed E-state index contributed by atoms with van der Waals surface area (Å²) in [5.74, 6) is -1.08. The topological polar surface area (TPSA) is 94.0 Å². The number of hydrogen-bond donors (Lipinski definition) is 2. The molecule has 0 aliphatic rings. The fourth-order valence-corrected chi connectivity index (χ4v) is 2.39. The Balaban J connectivity index is 2.66. The first-order valence-corrected chi connectivity index (χ1v) is 6.82. The van der Waals surface area contributed by atoms with Gasteiger partial charge in [0.1, 0.15) is 5.69 Å². The molecular weight excluding hydrogens is 292 g/mol. The predicted molar refractivity (Wildman–Crippen MR) is 79.9 cm³/mol. The molecule has 0 saturated carbocycles. The lowest BCUT2D eigenvalue weighted by molar-refractivity contribution is 0.0697. The highest BCUT2D eigenvalue weighted by molar-refractivity contribution is 6.33. The third-order valence-electron chi connectivity index (χ3n) is 3.07. The first-order chi connectivity index (χ1) is 9.75. The van der Waals surface area contributed by atoms with Crippen LogP contribution in [0.1, 0.15) is 42.5 Å². The number of carbonyl (C=O) groups is 1. The van der Waals surface area contributed by atoms with Crippen molar-refractivity contribution in [1.82, 2.24) is 15.0 Å². The summed E-state index contributed by atoms with van der Waals surface area (Å²) in [7, 11) is 0. The number of carboxylic acid groups (broad SMARTS) is 1. The third kappa shape index (κ3) is 2.91. The van der Waals surface area contributed by atoms with Gasteiger partial charge in [-0.05, 0) is 18.2 Å². The number of aromatic nitrogens is 3. The van der Waals surface area contributed by atoms with Gasteiger partial charge in [0.2, 0.25) is 0 Å². The quantitative estimate of drug-likeness (QED) is 0.908. The zero-order valence-electron chi connectivity index (χ0n) is 12.1. The Morgan fingerprint density at radius 2 is 2.10 bits per heavy atom. The van der Waals surface area contributed by atoms with E-state index in [2.05, 4.69) is 10.3 Å². The van der Waals surface area contributed by atoms with Gasteiger partial charge in [-0.25, -0.2) is 9.48 Å². The summed E-state index contributed by atoms with van der Waals surface area (Å²) in [6.07, 6.45) is 0. The van der Waals surface area contributed by atoms with Crippen molar-refractivity contribution in [3.8, 4) is 5.69 Å². The number of aromatic carboxylic acids is 1. The minimum absolute atomic E-state index is 0.0267. The lowest BCUT2D eigenvalue weighted by Crippen LogP contribution is -2.20. The van der Waals surface area contributed by atoms with Crippen molar-refractivity contribution in [3.63, 3.8) is 0 Å². The Bertz CT molecular complexity index is 689. The maximum Gasteiger partial charge on any atom is 0.337 e. The van der Waals surface area contributed by atoms with Crippen molar-refractivity contribution >= 4 is 17.6 Å². The van der Waals surface area contributed by atoms with E-state index in [1.165, 1.54) is 12.1 Å². The van der Waals surface area contributed by atoms with Crippen molar-refractivity contribution in [2.45, 2.75) is 32.7 Å². The first kappa shape index (κ1) is 15.5. The SMILES string of the molecule is CC(C)(C)c1c(CN)nnn1-c1ccc(Cl)c(C(=O)O)c1. The molecule has 0 atom stereocenters. The molecule has 0 aliphatic carbocycles. The Morgan fingerprint density at radius 3 is 2.62 bits per heavy atom. The van der Waals surface area contributed by atoms with Gasteiger partial charge in [0.05, 0.1) is 22.0 Å². The normalized spacial score (nSPS) is 11.7. The van der Waals surface area contributed by atoms with Gasteiger partial charge in [0.25, 0.3) is 0 Å². The molecule has 6 nitrogen and oxygen atoms in total. The molecule has 0 saturated heterocycles. The number of halogens is 1. The number of rotatable bonds is 3. The van der Waals surface area contributed by atoms with E-state index in [0.717, 1.165) is 5.69 Å². The summed E-state index contributed by atoms with van der Waals surface area (Å²) < 4.78 is 1.62. The van der Waals surface area contributed by atoms with Gasteiger partial charge in [0, 0.05) is 12.0 Å². The van der Waals surface area contributed by atoms with E-state index < -0.39 is 5.97 Å². The summed E-state index contributed by atoms with van der Waals surface area (Å²) in [6, 6.07) is 4.73. The van der Waals surface area contributed by atoms with E-state index >= 15 is 0 Å². The van der Waals surface area contributed by atoms with Gasteiger partial charge in [-0.15, -0.1) is 5.10 Å². The Labute approximate surface area is 127 Å². The van der Waals surface area contributed by atoms with Gasteiger partial charge >= 0.3 is 5.97 Å². The number of nitrogens with zero attached hydrogens (tertiary/aromatic N) is 3. The first-order valence-electron chi connectivity index (χ1n) is 6.44. The van der Waals surface area contributed by atoms with E-state index in [4.69, 9.17) is 22.4 Å². The van der Waals surface area contributed by atoms with Crippen LogP contribution in [-0.2, 0) is 12.0 Å². The minimum atomic E-state index is -1.08. The van der Waals surface area contributed by atoms with Crippen molar-refractivity contribution in [3.05, 3.63) is 40.2 Å². The molecule has 7 heteroatoms. The lowest BCUT2D eigenvalue weighted by atomic mass is 9.90. The summed E-state index contributed by atoms with van der Waals surface area (Å²) in [5, 5.41) is 17.5. The zero-order valence-corrected chi connectivity index (χ0v) is 12.8. The number of nitrogens with two attached hydrogens (primary N) is 1.